The summed E-state index contributed by atoms with van der Waals surface area (Å²) in [5, 5.41) is 0. The fourth-order valence-electron chi connectivity index (χ4n) is 1.97. The number of nitrogens with two attached hydrogens (primary N) is 1. The zero-order valence-electron chi connectivity index (χ0n) is 12.7. The van der Waals surface area contributed by atoms with Crippen LogP contribution < -0.4 is 5.73 Å². The van der Waals surface area contributed by atoms with E-state index < -0.39 is 0 Å². The van der Waals surface area contributed by atoms with E-state index in [-0.39, 0.29) is 17.4 Å². The third kappa shape index (κ3) is 6.97. The van der Waals surface area contributed by atoms with Gasteiger partial charge in [0.2, 0.25) is 5.91 Å². The lowest BCUT2D eigenvalue weighted by Gasteiger charge is -2.29. The Labute approximate surface area is 112 Å². The van der Waals surface area contributed by atoms with Gasteiger partial charge in [0.1, 0.15) is 0 Å². The van der Waals surface area contributed by atoms with Crippen molar-refractivity contribution < 1.29 is 9.53 Å². The van der Waals surface area contributed by atoms with Crippen LogP contribution in [0, 0.1) is 5.41 Å². The number of carbonyl (C=O) groups is 1. The molecule has 1 amide bonds. The average Bonchev–Trinajstić information content (AvgIpc) is 2.26. The zero-order valence-corrected chi connectivity index (χ0v) is 12.7. The van der Waals surface area contributed by atoms with Crippen LogP contribution in [0.15, 0.2) is 0 Å². The first-order valence-corrected chi connectivity index (χ1v) is 6.82. The fraction of sp³-hybridized carbons (Fsp3) is 0.929. The summed E-state index contributed by atoms with van der Waals surface area (Å²) < 4.78 is 5.05. The van der Waals surface area contributed by atoms with E-state index in [0.29, 0.717) is 26.1 Å². The Morgan fingerprint density at radius 1 is 1.33 bits per heavy atom. The van der Waals surface area contributed by atoms with Crippen LogP contribution >= 0.6 is 0 Å². The molecule has 108 valence electrons. The zero-order chi connectivity index (χ0) is 14.2. The maximum atomic E-state index is 12.2. The van der Waals surface area contributed by atoms with E-state index in [0.717, 1.165) is 12.8 Å². The first-order valence-electron chi connectivity index (χ1n) is 6.82. The summed E-state index contributed by atoms with van der Waals surface area (Å²) in [6, 6.07) is 0.227. The van der Waals surface area contributed by atoms with Gasteiger partial charge in [0, 0.05) is 26.1 Å². The van der Waals surface area contributed by atoms with Gasteiger partial charge >= 0.3 is 0 Å². The number of ether oxygens (including phenoxy) is 1. The Bertz CT molecular complexity index is 240. The second kappa shape index (κ2) is 8.48. The van der Waals surface area contributed by atoms with Crippen molar-refractivity contribution in [1.29, 1.82) is 0 Å². The van der Waals surface area contributed by atoms with E-state index in [1.807, 2.05) is 18.7 Å². The molecule has 0 saturated carbocycles. The highest BCUT2D eigenvalue weighted by molar-refractivity contribution is 5.76. The number of nitrogens with zero attached hydrogens (tertiary/aromatic N) is 1. The Morgan fingerprint density at radius 3 is 2.39 bits per heavy atom. The van der Waals surface area contributed by atoms with Gasteiger partial charge in [-0.05, 0) is 38.6 Å². The van der Waals surface area contributed by atoms with E-state index in [1.54, 1.807) is 7.11 Å². The predicted molar refractivity (Wildman–Crippen MR) is 75.4 cm³/mol. The average molecular weight is 258 g/mol. The number of carbonyl (C=O) groups excluding carboxylic acids is 1. The van der Waals surface area contributed by atoms with Crippen molar-refractivity contribution in [3.05, 3.63) is 0 Å². The highest BCUT2D eigenvalue weighted by atomic mass is 16.5. The molecule has 0 aromatic carbocycles. The number of hydrogen-bond acceptors (Lipinski definition) is 3. The third-order valence-electron chi connectivity index (χ3n) is 3.32. The molecule has 0 radical (unpaired) electrons. The van der Waals surface area contributed by atoms with E-state index in [4.69, 9.17) is 10.5 Å². The van der Waals surface area contributed by atoms with Crippen LogP contribution in [0.4, 0.5) is 0 Å². The summed E-state index contributed by atoms with van der Waals surface area (Å²) in [6.45, 7) is 10.4. The first-order chi connectivity index (χ1) is 8.34. The van der Waals surface area contributed by atoms with Crippen molar-refractivity contribution in [3.8, 4) is 0 Å². The van der Waals surface area contributed by atoms with E-state index in [2.05, 4.69) is 13.8 Å². The molecule has 0 heterocycles. The van der Waals surface area contributed by atoms with Crippen LogP contribution in [0.2, 0.25) is 0 Å². The van der Waals surface area contributed by atoms with Gasteiger partial charge in [-0.1, -0.05) is 13.8 Å². The quantitative estimate of drug-likeness (QED) is 0.688. The highest BCUT2D eigenvalue weighted by Gasteiger charge is 2.22. The minimum atomic E-state index is 0.147. The Balaban J connectivity index is 4.25. The monoisotopic (exact) mass is 258 g/mol. The van der Waals surface area contributed by atoms with Gasteiger partial charge in [-0.15, -0.1) is 0 Å². The molecule has 0 saturated heterocycles. The molecule has 0 aliphatic heterocycles. The molecular weight excluding hydrogens is 228 g/mol. The lowest BCUT2D eigenvalue weighted by molar-refractivity contribution is -0.134. The van der Waals surface area contributed by atoms with Gasteiger partial charge in [-0.3, -0.25) is 4.79 Å². The normalized spacial score (nSPS) is 11.9. The van der Waals surface area contributed by atoms with Crippen LogP contribution in [0.5, 0.6) is 0 Å². The van der Waals surface area contributed by atoms with Crippen molar-refractivity contribution in [2.24, 2.45) is 11.1 Å². The smallest absolute Gasteiger partial charge is 0.222 e. The Hall–Kier alpha value is -0.610. The molecule has 4 nitrogen and oxygen atoms in total. The van der Waals surface area contributed by atoms with Crippen molar-refractivity contribution in [2.45, 2.75) is 53.0 Å². The Morgan fingerprint density at radius 2 is 1.94 bits per heavy atom. The maximum absolute atomic E-state index is 12.2. The second-order valence-corrected chi connectivity index (χ2v) is 5.88. The molecule has 0 aliphatic carbocycles. The van der Waals surface area contributed by atoms with Gasteiger partial charge in [0.25, 0.3) is 0 Å². The predicted octanol–water partition coefficient (Wildman–Crippen LogP) is 2.02. The van der Waals surface area contributed by atoms with Gasteiger partial charge in [0.05, 0.1) is 6.61 Å². The lowest BCUT2D eigenvalue weighted by Crippen LogP contribution is -2.39. The Kier molecular flexibility index (Phi) is 8.20. The van der Waals surface area contributed by atoms with Gasteiger partial charge in [-0.2, -0.15) is 0 Å². The standard InChI is InChI=1S/C14H30N2O2/c1-12(2)16(10-11-18-5)13(17)6-7-14(3,4)8-9-15/h12H,6-11,15H2,1-5H3. The summed E-state index contributed by atoms with van der Waals surface area (Å²) in [5.41, 5.74) is 5.73. The summed E-state index contributed by atoms with van der Waals surface area (Å²) in [5.74, 6) is 0.215. The first kappa shape index (κ1) is 17.4. The van der Waals surface area contributed by atoms with Crippen LogP contribution in [0.3, 0.4) is 0 Å². The van der Waals surface area contributed by atoms with Crippen molar-refractivity contribution >= 4 is 5.91 Å². The number of methoxy groups -OCH3 is 1. The number of rotatable bonds is 9. The lowest BCUT2D eigenvalue weighted by atomic mass is 9.84. The molecule has 0 aliphatic rings. The van der Waals surface area contributed by atoms with E-state index in [9.17, 15) is 4.79 Å². The molecule has 0 aromatic heterocycles. The minimum absolute atomic E-state index is 0.147. The molecule has 0 unspecified atom stereocenters. The number of hydrogen-bond donors (Lipinski definition) is 1. The molecular formula is C14H30N2O2. The van der Waals surface area contributed by atoms with Crippen LogP contribution in [-0.4, -0.2) is 43.7 Å². The van der Waals surface area contributed by atoms with Crippen LogP contribution in [0.1, 0.15) is 47.0 Å². The van der Waals surface area contributed by atoms with Crippen molar-refractivity contribution in [3.63, 3.8) is 0 Å². The SMILES string of the molecule is COCCN(C(=O)CCC(C)(C)CCN)C(C)C. The summed E-state index contributed by atoms with van der Waals surface area (Å²) in [6.07, 6.45) is 2.44. The summed E-state index contributed by atoms with van der Waals surface area (Å²) in [4.78, 5) is 14.1. The molecule has 0 bridgehead atoms. The third-order valence-corrected chi connectivity index (χ3v) is 3.32. The molecule has 2 N–H and O–H groups in total. The molecule has 0 fully saturated rings. The second-order valence-electron chi connectivity index (χ2n) is 5.88. The maximum Gasteiger partial charge on any atom is 0.222 e. The van der Waals surface area contributed by atoms with Gasteiger partial charge in [0.15, 0.2) is 0 Å². The van der Waals surface area contributed by atoms with Crippen molar-refractivity contribution in [1.82, 2.24) is 4.90 Å². The van der Waals surface area contributed by atoms with E-state index >= 15 is 0 Å². The molecule has 0 aromatic rings. The largest absolute Gasteiger partial charge is 0.383 e. The van der Waals surface area contributed by atoms with E-state index in [1.165, 1.54) is 0 Å². The molecule has 18 heavy (non-hydrogen) atoms. The van der Waals surface area contributed by atoms with Crippen LogP contribution in [0.25, 0.3) is 0 Å². The minimum Gasteiger partial charge on any atom is -0.383 e. The fourth-order valence-corrected chi connectivity index (χ4v) is 1.97. The summed E-state index contributed by atoms with van der Waals surface area (Å²) in [7, 11) is 1.66. The molecule has 0 rings (SSSR count). The van der Waals surface area contributed by atoms with Gasteiger partial charge in [-0.25, -0.2) is 0 Å². The highest BCUT2D eigenvalue weighted by Crippen LogP contribution is 2.26. The summed E-state index contributed by atoms with van der Waals surface area (Å²) >= 11 is 0. The number of amides is 1. The van der Waals surface area contributed by atoms with Crippen LogP contribution in [-0.2, 0) is 9.53 Å². The molecule has 0 spiro atoms. The topological polar surface area (TPSA) is 55.6 Å². The molecule has 0 atom stereocenters. The van der Waals surface area contributed by atoms with Crippen molar-refractivity contribution in [2.75, 3.05) is 26.8 Å². The molecule has 4 heteroatoms. The van der Waals surface area contributed by atoms with Gasteiger partial charge < -0.3 is 15.4 Å².